The first-order chi connectivity index (χ1) is 14.8. The second-order valence-corrected chi connectivity index (χ2v) is 8.26. The van der Waals surface area contributed by atoms with Gasteiger partial charge in [0, 0.05) is 5.57 Å². The van der Waals surface area contributed by atoms with Crippen LogP contribution in [-0.2, 0) is 0 Å². The van der Waals surface area contributed by atoms with Crippen LogP contribution >= 0.6 is 0 Å². The summed E-state index contributed by atoms with van der Waals surface area (Å²) in [6, 6.07) is 0. The van der Waals surface area contributed by atoms with E-state index >= 15 is 0 Å². The van der Waals surface area contributed by atoms with E-state index in [2.05, 4.69) is 53.0 Å². The third-order valence-corrected chi connectivity index (χ3v) is 5.28. The Labute approximate surface area is 193 Å². The molecule has 0 aliphatic carbocycles. The van der Waals surface area contributed by atoms with Gasteiger partial charge in [-0.3, -0.25) is 0 Å². The summed E-state index contributed by atoms with van der Waals surface area (Å²) in [7, 11) is 0. The van der Waals surface area contributed by atoms with E-state index in [1.54, 1.807) is 0 Å². The highest BCUT2D eigenvalue weighted by atomic mass is 19.2. The summed E-state index contributed by atoms with van der Waals surface area (Å²) in [5.74, 6) is -2.10. The Bertz CT molecular complexity index is 874. The summed E-state index contributed by atoms with van der Waals surface area (Å²) in [5, 5.41) is 0. The lowest BCUT2D eigenvalue weighted by Gasteiger charge is -2.16. The molecule has 0 aliphatic heterocycles. The predicted molar refractivity (Wildman–Crippen MR) is 135 cm³/mol. The molecule has 0 heterocycles. The van der Waals surface area contributed by atoms with Crippen LogP contribution in [-0.4, -0.2) is 0 Å². The van der Waals surface area contributed by atoms with E-state index < -0.39 is 17.5 Å². The number of hydrogen-bond donors (Lipinski definition) is 0. The average molecular weight is 443 g/mol. The van der Waals surface area contributed by atoms with E-state index in [0.29, 0.717) is 22.6 Å². The number of halogens is 3. The highest BCUT2D eigenvalue weighted by Crippen LogP contribution is 2.29. The van der Waals surface area contributed by atoms with Crippen LogP contribution < -0.4 is 0 Å². The van der Waals surface area contributed by atoms with E-state index in [9.17, 15) is 13.2 Å². The van der Waals surface area contributed by atoms with Crippen molar-refractivity contribution in [1.82, 2.24) is 0 Å². The molecule has 0 aromatic heterocycles. The second-order valence-electron chi connectivity index (χ2n) is 8.26. The topological polar surface area (TPSA) is 0 Å². The van der Waals surface area contributed by atoms with Gasteiger partial charge in [-0.2, -0.15) is 0 Å². The minimum atomic E-state index is -1.12. The van der Waals surface area contributed by atoms with Gasteiger partial charge < -0.3 is 0 Å². The fourth-order valence-electron chi connectivity index (χ4n) is 2.70. The predicted octanol–water partition coefficient (Wildman–Crippen LogP) is 9.92. The van der Waals surface area contributed by atoms with Gasteiger partial charge in [0.15, 0.2) is 11.7 Å². The minimum absolute atomic E-state index is 0.00452. The van der Waals surface area contributed by atoms with Gasteiger partial charge in [0.1, 0.15) is 5.83 Å². The standard InChI is InChI=1S/C29H37F3/c1-11-12-13-20(4)14-15-22(6)25(9)27(30)18-24(8)21(5)16-17-23(7)26(10)29(32)28(31)19(2)3/h11,16-18,20,22H,1-2,5,7-10,12-15H2,3-4,6H3/b17-16-,27-18+,29-28-. The lowest BCUT2D eigenvalue weighted by Crippen LogP contribution is -2.03. The van der Waals surface area contributed by atoms with Crippen LogP contribution in [0.25, 0.3) is 0 Å². The molecule has 0 bridgehead atoms. The quantitative estimate of drug-likeness (QED) is 0.175. The Balaban J connectivity index is 5.02. The van der Waals surface area contributed by atoms with Crippen molar-refractivity contribution in [3.8, 4) is 0 Å². The van der Waals surface area contributed by atoms with Crippen molar-refractivity contribution in [3.05, 3.63) is 121 Å². The Morgan fingerprint density at radius 2 is 1.34 bits per heavy atom. The van der Waals surface area contributed by atoms with Crippen molar-refractivity contribution >= 4 is 0 Å². The van der Waals surface area contributed by atoms with Crippen LogP contribution in [0.1, 0.15) is 46.5 Å². The first kappa shape index (κ1) is 29.2. The monoisotopic (exact) mass is 442 g/mol. The molecule has 0 spiro atoms. The third-order valence-electron chi connectivity index (χ3n) is 5.28. The highest BCUT2D eigenvalue weighted by molar-refractivity contribution is 5.53. The summed E-state index contributed by atoms with van der Waals surface area (Å²) in [5.41, 5.74) is 1.07. The maximum atomic E-state index is 14.7. The molecule has 174 valence electrons. The first-order valence-corrected chi connectivity index (χ1v) is 10.7. The molecule has 3 heteroatoms. The Morgan fingerprint density at radius 3 is 1.88 bits per heavy atom. The summed E-state index contributed by atoms with van der Waals surface area (Å²) in [4.78, 5) is 0. The lowest BCUT2D eigenvalue weighted by atomic mass is 9.90. The van der Waals surface area contributed by atoms with Crippen LogP contribution in [0, 0.1) is 11.8 Å². The van der Waals surface area contributed by atoms with E-state index in [1.165, 1.54) is 25.2 Å². The summed E-state index contributed by atoms with van der Waals surface area (Å²) in [6.45, 7) is 31.3. The van der Waals surface area contributed by atoms with Gasteiger partial charge in [-0.25, -0.2) is 13.2 Å². The third kappa shape index (κ3) is 10.00. The Morgan fingerprint density at radius 1 is 0.781 bits per heavy atom. The van der Waals surface area contributed by atoms with E-state index in [1.807, 2.05) is 13.0 Å². The van der Waals surface area contributed by atoms with Crippen LogP contribution in [0.3, 0.4) is 0 Å². The molecule has 0 aromatic rings. The van der Waals surface area contributed by atoms with Crippen LogP contribution in [0.15, 0.2) is 121 Å². The molecule has 0 N–H and O–H groups in total. The van der Waals surface area contributed by atoms with Crippen molar-refractivity contribution in [2.24, 2.45) is 11.8 Å². The normalized spacial score (nSPS) is 14.4. The maximum absolute atomic E-state index is 14.7. The summed E-state index contributed by atoms with van der Waals surface area (Å²) in [6.07, 6.45) is 9.99. The smallest absolute Gasteiger partial charge is 0.166 e. The molecule has 0 aliphatic rings. The zero-order chi connectivity index (χ0) is 25.0. The maximum Gasteiger partial charge on any atom is 0.166 e. The van der Waals surface area contributed by atoms with Crippen LogP contribution in [0.2, 0.25) is 0 Å². The van der Waals surface area contributed by atoms with Crippen molar-refractivity contribution in [3.63, 3.8) is 0 Å². The molecule has 32 heavy (non-hydrogen) atoms. The molecule has 0 amide bonds. The van der Waals surface area contributed by atoms with Crippen molar-refractivity contribution in [2.75, 3.05) is 0 Å². The number of allylic oxidation sites excluding steroid dienone is 13. The van der Waals surface area contributed by atoms with E-state index in [-0.39, 0.29) is 22.6 Å². The van der Waals surface area contributed by atoms with Crippen LogP contribution in [0.5, 0.6) is 0 Å². The van der Waals surface area contributed by atoms with Gasteiger partial charge in [0.2, 0.25) is 0 Å². The minimum Gasteiger partial charge on any atom is -0.207 e. The van der Waals surface area contributed by atoms with E-state index in [0.717, 1.165) is 25.7 Å². The molecule has 0 radical (unpaired) electrons. The van der Waals surface area contributed by atoms with Crippen molar-refractivity contribution in [1.29, 1.82) is 0 Å². The number of rotatable bonds is 15. The zero-order valence-corrected chi connectivity index (χ0v) is 19.9. The lowest BCUT2D eigenvalue weighted by molar-refractivity contribution is 0.435. The molecule has 0 rings (SSSR count). The van der Waals surface area contributed by atoms with Gasteiger partial charge >= 0.3 is 0 Å². The van der Waals surface area contributed by atoms with Gasteiger partial charge in [0.05, 0.1) is 0 Å². The first-order valence-electron chi connectivity index (χ1n) is 10.7. The van der Waals surface area contributed by atoms with Crippen molar-refractivity contribution in [2.45, 2.75) is 46.5 Å². The highest BCUT2D eigenvalue weighted by Gasteiger charge is 2.14. The molecule has 2 unspecified atom stereocenters. The second kappa shape index (κ2) is 14.3. The number of hydrogen-bond acceptors (Lipinski definition) is 0. The Kier molecular flexibility index (Phi) is 13.0. The van der Waals surface area contributed by atoms with Gasteiger partial charge in [-0.15, -0.1) is 6.58 Å². The molecule has 2 atom stereocenters. The van der Waals surface area contributed by atoms with Gasteiger partial charge in [-0.05, 0) is 72.0 Å². The molecule has 0 saturated heterocycles. The molecule has 0 fully saturated rings. The fraction of sp³-hybridized carbons (Fsp3) is 0.310. The molecule has 0 aromatic carbocycles. The average Bonchev–Trinajstić information content (AvgIpc) is 2.76. The zero-order valence-electron chi connectivity index (χ0n) is 19.9. The molecular weight excluding hydrogens is 405 g/mol. The van der Waals surface area contributed by atoms with Gasteiger partial charge in [-0.1, -0.05) is 78.0 Å². The Hall–Kier alpha value is -2.81. The SMILES string of the molecule is C=CCCC(C)CCC(C)C(=C)/C(F)=C\C(=C)C(=C)/C=C\C(=C)C(=C)/C(F)=C(/F)C(=C)C. The van der Waals surface area contributed by atoms with Crippen molar-refractivity contribution < 1.29 is 13.2 Å². The van der Waals surface area contributed by atoms with Gasteiger partial charge in [0.25, 0.3) is 0 Å². The molecular formula is C29H37F3. The fourth-order valence-corrected chi connectivity index (χ4v) is 2.70. The van der Waals surface area contributed by atoms with Crippen LogP contribution in [0.4, 0.5) is 13.2 Å². The molecule has 0 nitrogen and oxygen atoms in total. The largest absolute Gasteiger partial charge is 0.207 e. The summed E-state index contributed by atoms with van der Waals surface area (Å²) >= 11 is 0. The molecule has 0 saturated carbocycles. The van der Waals surface area contributed by atoms with E-state index in [4.69, 9.17) is 0 Å². The summed E-state index contributed by atoms with van der Waals surface area (Å²) < 4.78 is 42.4.